The highest BCUT2D eigenvalue weighted by Gasteiger charge is 2.21. The summed E-state index contributed by atoms with van der Waals surface area (Å²) in [6, 6.07) is 3.93. The fourth-order valence-electron chi connectivity index (χ4n) is 2.35. The van der Waals surface area contributed by atoms with E-state index in [2.05, 4.69) is 37.5 Å². The maximum atomic E-state index is 12.1. The van der Waals surface area contributed by atoms with Gasteiger partial charge in [0, 0.05) is 19.5 Å². The molecule has 0 spiro atoms. The SMILES string of the molecule is CSc1nc2c(c(=O)[nH]1)CN(Cc1ccc(I)o1)CC2. The maximum absolute atomic E-state index is 12.1. The number of H-pyrrole nitrogens is 1. The van der Waals surface area contributed by atoms with Crippen molar-refractivity contribution in [3.05, 3.63) is 43.3 Å². The fourth-order valence-corrected chi connectivity index (χ4v) is 3.21. The molecule has 1 aliphatic rings. The Balaban J connectivity index is 1.80. The van der Waals surface area contributed by atoms with E-state index in [1.807, 2.05) is 18.4 Å². The molecular weight excluding hydrogens is 389 g/mol. The minimum Gasteiger partial charge on any atom is -0.454 e. The third-order valence-electron chi connectivity index (χ3n) is 3.33. The average Bonchev–Trinajstić information content (AvgIpc) is 2.84. The lowest BCUT2D eigenvalue weighted by atomic mass is 10.1. The van der Waals surface area contributed by atoms with Gasteiger partial charge in [-0.3, -0.25) is 9.69 Å². The lowest BCUT2D eigenvalue weighted by Gasteiger charge is -2.26. The van der Waals surface area contributed by atoms with Crippen LogP contribution in [0, 0.1) is 3.77 Å². The summed E-state index contributed by atoms with van der Waals surface area (Å²) in [6.07, 6.45) is 2.73. The number of thioether (sulfide) groups is 1. The topological polar surface area (TPSA) is 62.1 Å². The molecule has 5 nitrogen and oxygen atoms in total. The van der Waals surface area contributed by atoms with Crippen LogP contribution in [0.25, 0.3) is 0 Å². The van der Waals surface area contributed by atoms with Gasteiger partial charge in [0.2, 0.25) is 0 Å². The van der Waals surface area contributed by atoms with Gasteiger partial charge in [-0.25, -0.2) is 4.98 Å². The van der Waals surface area contributed by atoms with Crippen molar-refractivity contribution < 1.29 is 4.42 Å². The molecule has 0 atom stereocenters. The summed E-state index contributed by atoms with van der Waals surface area (Å²) in [5.74, 6) is 0.933. The average molecular weight is 403 g/mol. The molecule has 0 amide bonds. The van der Waals surface area contributed by atoms with Crippen LogP contribution in [0.5, 0.6) is 0 Å². The van der Waals surface area contributed by atoms with Gasteiger partial charge in [0.15, 0.2) is 8.92 Å². The Morgan fingerprint density at radius 1 is 1.55 bits per heavy atom. The molecule has 2 aromatic heterocycles. The first kappa shape index (κ1) is 14.2. The van der Waals surface area contributed by atoms with E-state index in [0.717, 1.165) is 40.3 Å². The second-order valence-corrected chi connectivity index (χ2v) is 6.53. The van der Waals surface area contributed by atoms with Crippen LogP contribution in [0.4, 0.5) is 0 Å². The highest BCUT2D eigenvalue weighted by molar-refractivity contribution is 14.1. The molecule has 0 radical (unpaired) electrons. The fraction of sp³-hybridized carbons (Fsp3) is 0.385. The van der Waals surface area contributed by atoms with Crippen molar-refractivity contribution in [3.63, 3.8) is 0 Å². The van der Waals surface area contributed by atoms with E-state index in [9.17, 15) is 4.79 Å². The largest absolute Gasteiger partial charge is 0.454 e. The number of halogens is 1. The molecule has 0 fully saturated rings. The van der Waals surface area contributed by atoms with Crippen molar-refractivity contribution in [2.45, 2.75) is 24.7 Å². The summed E-state index contributed by atoms with van der Waals surface area (Å²) in [6.45, 7) is 2.25. The zero-order valence-electron chi connectivity index (χ0n) is 11.0. The number of aromatic amines is 1. The van der Waals surface area contributed by atoms with Gasteiger partial charge in [-0.15, -0.1) is 0 Å². The summed E-state index contributed by atoms with van der Waals surface area (Å²) >= 11 is 3.62. The molecule has 3 rings (SSSR count). The van der Waals surface area contributed by atoms with Gasteiger partial charge in [-0.1, -0.05) is 11.8 Å². The lowest BCUT2D eigenvalue weighted by molar-refractivity contribution is 0.220. The summed E-state index contributed by atoms with van der Waals surface area (Å²) < 4.78 is 6.47. The van der Waals surface area contributed by atoms with Crippen LogP contribution < -0.4 is 5.56 Å². The number of rotatable bonds is 3. The van der Waals surface area contributed by atoms with E-state index < -0.39 is 0 Å². The monoisotopic (exact) mass is 403 g/mol. The summed E-state index contributed by atoms with van der Waals surface area (Å²) in [7, 11) is 0. The van der Waals surface area contributed by atoms with Crippen LogP contribution >= 0.6 is 34.4 Å². The Bertz CT molecular complexity index is 682. The molecule has 20 heavy (non-hydrogen) atoms. The van der Waals surface area contributed by atoms with Crippen LogP contribution in [0.2, 0.25) is 0 Å². The smallest absolute Gasteiger partial charge is 0.256 e. The van der Waals surface area contributed by atoms with Crippen molar-refractivity contribution in [1.82, 2.24) is 14.9 Å². The number of nitrogens with zero attached hydrogens (tertiary/aromatic N) is 2. The van der Waals surface area contributed by atoms with Crippen LogP contribution in [0.3, 0.4) is 0 Å². The van der Waals surface area contributed by atoms with Crippen LogP contribution in [0.15, 0.2) is 26.5 Å². The third kappa shape index (κ3) is 2.94. The zero-order valence-corrected chi connectivity index (χ0v) is 14.0. The van der Waals surface area contributed by atoms with Gasteiger partial charge in [0.1, 0.15) is 5.76 Å². The minimum absolute atomic E-state index is 0.0157. The predicted molar refractivity (Wildman–Crippen MR) is 85.9 cm³/mol. The normalized spacial score (nSPS) is 15.3. The number of fused-ring (bicyclic) bond motifs is 1. The number of hydrogen-bond acceptors (Lipinski definition) is 5. The molecule has 0 unspecified atom stereocenters. The molecule has 1 aliphatic heterocycles. The van der Waals surface area contributed by atoms with Crippen molar-refractivity contribution >= 4 is 34.4 Å². The first-order valence-electron chi connectivity index (χ1n) is 6.28. The molecular formula is C13H14IN3O2S. The van der Waals surface area contributed by atoms with Crippen LogP contribution in [0.1, 0.15) is 17.0 Å². The Kier molecular flexibility index (Phi) is 4.18. The zero-order chi connectivity index (χ0) is 14.1. The lowest BCUT2D eigenvalue weighted by Crippen LogP contribution is -2.35. The summed E-state index contributed by atoms with van der Waals surface area (Å²) in [5.41, 5.74) is 1.71. The third-order valence-corrected chi connectivity index (χ3v) is 4.49. The van der Waals surface area contributed by atoms with Gasteiger partial charge in [-0.2, -0.15) is 0 Å². The van der Waals surface area contributed by atoms with Gasteiger partial charge >= 0.3 is 0 Å². The van der Waals surface area contributed by atoms with Crippen LogP contribution in [-0.4, -0.2) is 27.7 Å². The van der Waals surface area contributed by atoms with E-state index in [4.69, 9.17) is 4.42 Å². The van der Waals surface area contributed by atoms with E-state index in [0.29, 0.717) is 11.7 Å². The molecule has 0 saturated carbocycles. The van der Waals surface area contributed by atoms with Gasteiger partial charge < -0.3 is 9.40 Å². The minimum atomic E-state index is -0.0157. The molecule has 106 valence electrons. The number of aromatic nitrogens is 2. The Morgan fingerprint density at radius 3 is 3.10 bits per heavy atom. The van der Waals surface area contributed by atoms with E-state index in [-0.39, 0.29) is 5.56 Å². The van der Waals surface area contributed by atoms with Crippen molar-refractivity contribution in [3.8, 4) is 0 Å². The summed E-state index contributed by atoms with van der Waals surface area (Å²) in [5, 5.41) is 0.697. The Labute approximate surface area is 134 Å². The van der Waals surface area contributed by atoms with E-state index >= 15 is 0 Å². The second-order valence-electron chi connectivity index (χ2n) is 4.67. The molecule has 3 heterocycles. The highest BCUT2D eigenvalue weighted by Crippen LogP contribution is 2.19. The van der Waals surface area contributed by atoms with E-state index in [1.54, 1.807) is 0 Å². The molecule has 1 N–H and O–H groups in total. The molecule has 0 bridgehead atoms. The number of furan rings is 1. The first-order valence-corrected chi connectivity index (χ1v) is 8.58. The standard InChI is InChI=1S/C13H14IN3O2S/c1-20-13-15-10-4-5-17(7-9(10)12(18)16-13)6-8-2-3-11(14)19-8/h2-3H,4-7H2,1H3,(H,15,16,18). The molecule has 0 aliphatic carbocycles. The molecule has 0 saturated heterocycles. The van der Waals surface area contributed by atoms with Gasteiger partial charge in [-0.05, 0) is 41.0 Å². The quantitative estimate of drug-likeness (QED) is 0.484. The maximum Gasteiger partial charge on any atom is 0.256 e. The molecule has 7 heteroatoms. The second kappa shape index (κ2) is 5.90. The highest BCUT2D eigenvalue weighted by atomic mass is 127. The number of nitrogens with one attached hydrogen (secondary N) is 1. The first-order chi connectivity index (χ1) is 9.65. The van der Waals surface area contributed by atoms with Gasteiger partial charge in [0.25, 0.3) is 5.56 Å². The molecule has 0 aromatic carbocycles. The summed E-state index contributed by atoms with van der Waals surface area (Å²) in [4.78, 5) is 21.6. The predicted octanol–water partition coefficient (Wildman–Crippen LogP) is 2.25. The van der Waals surface area contributed by atoms with Crippen LogP contribution in [-0.2, 0) is 19.5 Å². The van der Waals surface area contributed by atoms with Crippen molar-refractivity contribution in [1.29, 1.82) is 0 Å². The Hall–Kier alpha value is -0.800. The van der Waals surface area contributed by atoms with E-state index in [1.165, 1.54) is 11.8 Å². The number of hydrogen-bond donors (Lipinski definition) is 1. The van der Waals surface area contributed by atoms with Gasteiger partial charge in [0.05, 0.1) is 17.8 Å². The van der Waals surface area contributed by atoms with Crippen molar-refractivity contribution in [2.24, 2.45) is 0 Å². The van der Waals surface area contributed by atoms with Crippen molar-refractivity contribution in [2.75, 3.05) is 12.8 Å². The molecule has 2 aromatic rings. The Morgan fingerprint density at radius 2 is 2.40 bits per heavy atom.